The highest BCUT2D eigenvalue weighted by molar-refractivity contribution is 6.30. The Morgan fingerprint density at radius 2 is 2.24 bits per heavy atom. The average Bonchev–Trinajstić information content (AvgIpc) is 2.30. The van der Waals surface area contributed by atoms with Gasteiger partial charge in [-0.25, -0.2) is 0 Å². The minimum absolute atomic E-state index is 0.0243. The number of hydrogen-bond acceptors (Lipinski definition) is 4. The van der Waals surface area contributed by atoms with Crippen molar-refractivity contribution >= 4 is 23.3 Å². The molecule has 0 fully saturated rings. The van der Waals surface area contributed by atoms with E-state index in [9.17, 15) is 14.9 Å². The molecule has 5 nitrogen and oxygen atoms in total. The van der Waals surface area contributed by atoms with E-state index in [0.717, 1.165) is 0 Å². The molecule has 1 rings (SSSR count). The standard InChI is InChI=1S/C11H12ClNO4/c1-7-3-4-8(6-10(7)13(15)16)5-9(12)11(14)17-2/h3-4,6,9H,5H2,1-2H3. The number of hydrogen-bond donors (Lipinski definition) is 0. The van der Waals surface area contributed by atoms with Crippen LogP contribution >= 0.6 is 11.6 Å². The number of nitro groups is 1. The summed E-state index contributed by atoms with van der Waals surface area (Å²) in [4.78, 5) is 21.4. The van der Waals surface area contributed by atoms with Crippen LogP contribution in [0.5, 0.6) is 0 Å². The molecule has 0 bridgehead atoms. The Hall–Kier alpha value is -1.62. The van der Waals surface area contributed by atoms with Gasteiger partial charge in [0.05, 0.1) is 12.0 Å². The van der Waals surface area contributed by atoms with Crippen LogP contribution in [0, 0.1) is 17.0 Å². The normalized spacial score (nSPS) is 11.9. The summed E-state index contributed by atoms with van der Waals surface area (Å²) in [5.41, 5.74) is 1.23. The number of halogens is 1. The number of rotatable bonds is 4. The third-order valence-corrected chi connectivity index (χ3v) is 2.67. The molecule has 0 aliphatic heterocycles. The number of ether oxygens (including phenoxy) is 1. The number of aryl methyl sites for hydroxylation is 1. The van der Waals surface area contributed by atoms with Crippen LogP contribution in [0.2, 0.25) is 0 Å². The number of benzene rings is 1. The van der Waals surface area contributed by atoms with E-state index in [-0.39, 0.29) is 12.1 Å². The summed E-state index contributed by atoms with van der Waals surface area (Å²) in [7, 11) is 1.25. The first-order valence-corrected chi connectivity index (χ1v) is 5.35. The zero-order chi connectivity index (χ0) is 13.0. The van der Waals surface area contributed by atoms with Gasteiger partial charge >= 0.3 is 5.97 Å². The highest BCUT2D eigenvalue weighted by atomic mass is 35.5. The highest BCUT2D eigenvalue weighted by Gasteiger charge is 2.18. The molecule has 0 amide bonds. The Balaban J connectivity index is 2.90. The molecule has 1 atom stereocenters. The van der Waals surface area contributed by atoms with Gasteiger partial charge in [-0.2, -0.15) is 0 Å². The van der Waals surface area contributed by atoms with E-state index in [2.05, 4.69) is 4.74 Å². The zero-order valence-corrected chi connectivity index (χ0v) is 10.2. The van der Waals surface area contributed by atoms with Crippen molar-refractivity contribution in [2.45, 2.75) is 18.7 Å². The molecule has 1 aromatic carbocycles. The number of carbonyl (C=O) groups excluding carboxylic acids is 1. The monoisotopic (exact) mass is 257 g/mol. The Bertz CT molecular complexity index is 447. The topological polar surface area (TPSA) is 69.4 Å². The highest BCUT2D eigenvalue weighted by Crippen LogP contribution is 2.21. The third-order valence-electron chi connectivity index (χ3n) is 2.34. The van der Waals surface area contributed by atoms with Crippen molar-refractivity contribution in [1.82, 2.24) is 0 Å². The third kappa shape index (κ3) is 3.42. The van der Waals surface area contributed by atoms with Gasteiger partial charge in [0.1, 0.15) is 5.38 Å². The maximum atomic E-state index is 11.1. The van der Waals surface area contributed by atoms with E-state index in [1.807, 2.05) is 0 Å². The number of alkyl halides is 1. The van der Waals surface area contributed by atoms with Gasteiger partial charge in [-0.15, -0.1) is 11.6 Å². The van der Waals surface area contributed by atoms with E-state index < -0.39 is 16.3 Å². The first-order chi connectivity index (χ1) is 7.95. The van der Waals surface area contributed by atoms with Crippen molar-refractivity contribution in [2.24, 2.45) is 0 Å². The van der Waals surface area contributed by atoms with Gasteiger partial charge in [-0.3, -0.25) is 14.9 Å². The maximum Gasteiger partial charge on any atom is 0.324 e. The first-order valence-electron chi connectivity index (χ1n) is 4.91. The average molecular weight is 258 g/mol. The number of methoxy groups -OCH3 is 1. The van der Waals surface area contributed by atoms with Crippen molar-refractivity contribution < 1.29 is 14.5 Å². The van der Waals surface area contributed by atoms with E-state index in [1.165, 1.54) is 13.2 Å². The largest absolute Gasteiger partial charge is 0.468 e. The molecule has 0 aromatic heterocycles. The van der Waals surface area contributed by atoms with Gasteiger partial charge in [0, 0.05) is 11.6 Å². The van der Waals surface area contributed by atoms with Gasteiger partial charge in [0.2, 0.25) is 0 Å². The fourth-order valence-corrected chi connectivity index (χ4v) is 1.66. The molecule has 0 aliphatic carbocycles. The fraction of sp³-hybridized carbons (Fsp3) is 0.364. The van der Waals surface area contributed by atoms with E-state index in [1.54, 1.807) is 19.1 Å². The molecule has 0 heterocycles. The molecule has 0 aliphatic rings. The lowest BCUT2D eigenvalue weighted by atomic mass is 10.1. The fourth-order valence-electron chi connectivity index (χ4n) is 1.40. The summed E-state index contributed by atoms with van der Waals surface area (Å²) in [5, 5.41) is 9.90. The molecular weight excluding hydrogens is 246 g/mol. The van der Waals surface area contributed by atoms with Crippen LogP contribution in [0.25, 0.3) is 0 Å². The van der Waals surface area contributed by atoms with Crippen molar-refractivity contribution in [3.8, 4) is 0 Å². The summed E-state index contributed by atoms with van der Waals surface area (Å²) in [6.45, 7) is 1.65. The van der Waals surface area contributed by atoms with Crippen LogP contribution in [0.1, 0.15) is 11.1 Å². The van der Waals surface area contributed by atoms with Gasteiger partial charge < -0.3 is 4.74 Å². The Morgan fingerprint density at radius 3 is 2.76 bits per heavy atom. The van der Waals surface area contributed by atoms with Crippen LogP contribution in [0.4, 0.5) is 5.69 Å². The molecule has 6 heteroatoms. The predicted octanol–water partition coefficient (Wildman–Crippen LogP) is 2.23. The Kier molecular flexibility index (Phi) is 4.45. The Labute approximate surface area is 103 Å². The molecule has 92 valence electrons. The lowest BCUT2D eigenvalue weighted by Crippen LogP contribution is -2.18. The van der Waals surface area contributed by atoms with Gasteiger partial charge in [0.15, 0.2) is 0 Å². The minimum atomic E-state index is -0.831. The van der Waals surface area contributed by atoms with Crippen molar-refractivity contribution in [3.63, 3.8) is 0 Å². The number of esters is 1. The summed E-state index contributed by atoms with van der Waals surface area (Å²) < 4.78 is 4.48. The second kappa shape index (κ2) is 5.63. The van der Waals surface area contributed by atoms with Crippen LogP contribution in [-0.4, -0.2) is 23.4 Å². The molecule has 17 heavy (non-hydrogen) atoms. The number of nitrogens with zero attached hydrogens (tertiary/aromatic N) is 1. The van der Waals surface area contributed by atoms with Crippen molar-refractivity contribution in [3.05, 3.63) is 39.4 Å². The van der Waals surface area contributed by atoms with Crippen molar-refractivity contribution in [1.29, 1.82) is 0 Å². The van der Waals surface area contributed by atoms with Crippen LogP contribution in [-0.2, 0) is 16.0 Å². The quantitative estimate of drug-likeness (QED) is 0.359. The molecule has 0 saturated heterocycles. The molecular formula is C11H12ClNO4. The maximum absolute atomic E-state index is 11.1. The Morgan fingerprint density at radius 1 is 1.59 bits per heavy atom. The lowest BCUT2D eigenvalue weighted by Gasteiger charge is -2.07. The first kappa shape index (κ1) is 13.4. The smallest absolute Gasteiger partial charge is 0.324 e. The number of nitro benzene ring substituents is 1. The molecule has 0 radical (unpaired) electrons. The SMILES string of the molecule is COC(=O)C(Cl)Cc1ccc(C)c([N+](=O)[O-])c1. The zero-order valence-electron chi connectivity index (χ0n) is 9.47. The van der Waals surface area contributed by atoms with E-state index in [0.29, 0.717) is 11.1 Å². The summed E-state index contributed by atoms with van der Waals surface area (Å²) >= 11 is 5.79. The van der Waals surface area contributed by atoms with Crippen LogP contribution in [0.15, 0.2) is 18.2 Å². The van der Waals surface area contributed by atoms with Gasteiger partial charge in [-0.05, 0) is 18.9 Å². The predicted molar refractivity (Wildman–Crippen MR) is 63.2 cm³/mol. The number of carbonyl (C=O) groups is 1. The van der Waals surface area contributed by atoms with E-state index in [4.69, 9.17) is 11.6 Å². The molecule has 0 saturated carbocycles. The van der Waals surface area contributed by atoms with Crippen LogP contribution < -0.4 is 0 Å². The second-order valence-corrected chi connectivity index (χ2v) is 4.10. The molecule has 1 aromatic rings. The summed E-state index contributed by atoms with van der Waals surface area (Å²) in [6, 6.07) is 4.77. The van der Waals surface area contributed by atoms with Crippen LogP contribution in [0.3, 0.4) is 0 Å². The molecule has 0 spiro atoms. The molecule has 1 unspecified atom stereocenters. The van der Waals surface area contributed by atoms with Gasteiger partial charge in [-0.1, -0.05) is 12.1 Å². The second-order valence-electron chi connectivity index (χ2n) is 3.57. The summed E-state index contributed by atoms with van der Waals surface area (Å²) in [5.74, 6) is -0.546. The lowest BCUT2D eigenvalue weighted by molar-refractivity contribution is -0.385. The summed E-state index contributed by atoms with van der Waals surface area (Å²) in [6.07, 6.45) is 0.204. The van der Waals surface area contributed by atoms with Gasteiger partial charge in [0.25, 0.3) is 5.69 Å². The minimum Gasteiger partial charge on any atom is -0.468 e. The van der Waals surface area contributed by atoms with E-state index >= 15 is 0 Å². The van der Waals surface area contributed by atoms with Crippen molar-refractivity contribution in [2.75, 3.05) is 7.11 Å². The molecule has 0 N–H and O–H groups in total.